The number of rotatable bonds is 13. The fourth-order valence-corrected chi connectivity index (χ4v) is 3.46. The Labute approximate surface area is 189 Å². The number of unbranched alkanes of at least 4 members (excludes halogenated alkanes) is 2. The van der Waals surface area contributed by atoms with Gasteiger partial charge in [0, 0.05) is 13.0 Å². The summed E-state index contributed by atoms with van der Waals surface area (Å²) in [7, 11) is 1.62. The highest BCUT2D eigenvalue weighted by atomic mass is 16.5. The smallest absolute Gasteiger partial charge is 0.223 e. The van der Waals surface area contributed by atoms with E-state index in [1.54, 1.807) is 13.4 Å². The van der Waals surface area contributed by atoms with Crippen molar-refractivity contribution in [2.75, 3.05) is 13.7 Å². The van der Waals surface area contributed by atoms with Crippen LogP contribution in [0.15, 0.2) is 71.3 Å². The molecule has 0 saturated carbocycles. The lowest BCUT2D eigenvalue weighted by molar-refractivity contribution is -0.132. The van der Waals surface area contributed by atoms with Gasteiger partial charge in [-0.2, -0.15) is 0 Å². The Morgan fingerprint density at radius 3 is 2.50 bits per heavy atom. The topological polar surface area (TPSA) is 77.9 Å². The van der Waals surface area contributed by atoms with Gasteiger partial charge in [0.05, 0.1) is 19.9 Å². The summed E-state index contributed by atoms with van der Waals surface area (Å²) < 4.78 is 17.0. The number of methoxy groups -OCH3 is 1. The summed E-state index contributed by atoms with van der Waals surface area (Å²) in [5, 5.41) is 0. The predicted octanol–water partition coefficient (Wildman–Crippen LogP) is 4.92. The van der Waals surface area contributed by atoms with Crippen molar-refractivity contribution >= 4 is 5.91 Å². The van der Waals surface area contributed by atoms with E-state index in [2.05, 4.69) is 0 Å². The second-order valence-electron chi connectivity index (χ2n) is 7.69. The number of hydrogen-bond donors (Lipinski definition) is 1. The molecule has 6 heteroatoms. The van der Waals surface area contributed by atoms with Gasteiger partial charge in [-0.25, -0.2) is 0 Å². The van der Waals surface area contributed by atoms with E-state index in [1.165, 1.54) is 0 Å². The molecule has 0 atom stereocenters. The fraction of sp³-hybridized carbons (Fsp3) is 0.346. The molecule has 0 aliphatic carbocycles. The molecule has 0 bridgehead atoms. The second kappa shape index (κ2) is 12.6. The van der Waals surface area contributed by atoms with Crippen LogP contribution in [0.4, 0.5) is 0 Å². The number of furan rings is 1. The number of hydrogen-bond acceptors (Lipinski definition) is 5. The normalized spacial score (nSPS) is 10.7. The molecular formula is C26H32N2O4. The standard InChI is InChI=1S/C26H32N2O4/c1-30-25-17-22(13-14-24(25)32-20-21-9-4-2-5-10-21)18-28(19-23-11-8-16-31-23)26(29)12-6-3-7-15-27/h2,4-5,8-11,13-14,16-17H,3,6-7,12,15,18-20,27H2,1H3. The van der Waals surface area contributed by atoms with E-state index in [9.17, 15) is 4.79 Å². The number of amides is 1. The maximum absolute atomic E-state index is 12.9. The van der Waals surface area contributed by atoms with Crippen LogP contribution in [-0.2, 0) is 24.5 Å². The van der Waals surface area contributed by atoms with Crippen LogP contribution in [0, 0.1) is 0 Å². The number of nitrogens with two attached hydrogens (primary N) is 1. The van der Waals surface area contributed by atoms with Crippen LogP contribution < -0.4 is 15.2 Å². The van der Waals surface area contributed by atoms with Crippen molar-refractivity contribution in [1.29, 1.82) is 0 Å². The van der Waals surface area contributed by atoms with Crippen LogP contribution in [-0.4, -0.2) is 24.5 Å². The van der Waals surface area contributed by atoms with Crippen molar-refractivity contribution in [3.05, 3.63) is 83.8 Å². The lowest BCUT2D eigenvalue weighted by atomic mass is 10.1. The highest BCUT2D eigenvalue weighted by Crippen LogP contribution is 2.29. The van der Waals surface area contributed by atoms with Crippen LogP contribution in [0.25, 0.3) is 0 Å². The third-order valence-electron chi connectivity index (χ3n) is 5.21. The predicted molar refractivity (Wildman–Crippen MR) is 124 cm³/mol. The largest absolute Gasteiger partial charge is 0.493 e. The van der Waals surface area contributed by atoms with Gasteiger partial charge in [0.25, 0.3) is 0 Å². The van der Waals surface area contributed by atoms with E-state index in [4.69, 9.17) is 19.6 Å². The van der Waals surface area contributed by atoms with Crippen molar-refractivity contribution in [2.24, 2.45) is 5.73 Å². The summed E-state index contributed by atoms with van der Waals surface area (Å²) in [4.78, 5) is 14.7. The Morgan fingerprint density at radius 1 is 0.938 bits per heavy atom. The lowest BCUT2D eigenvalue weighted by Gasteiger charge is -2.23. The molecule has 0 aliphatic rings. The minimum atomic E-state index is 0.0989. The van der Waals surface area contributed by atoms with E-state index < -0.39 is 0 Å². The van der Waals surface area contributed by atoms with E-state index in [-0.39, 0.29) is 5.91 Å². The number of carbonyl (C=O) groups excluding carboxylic acids is 1. The number of ether oxygens (including phenoxy) is 2. The number of nitrogens with zero attached hydrogens (tertiary/aromatic N) is 1. The molecule has 2 aromatic carbocycles. The zero-order chi connectivity index (χ0) is 22.6. The molecule has 0 fully saturated rings. The van der Waals surface area contributed by atoms with E-state index in [0.29, 0.717) is 44.2 Å². The minimum Gasteiger partial charge on any atom is -0.493 e. The van der Waals surface area contributed by atoms with Crippen LogP contribution in [0.5, 0.6) is 11.5 Å². The number of carbonyl (C=O) groups is 1. The van der Waals surface area contributed by atoms with Gasteiger partial charge < -0.3 is 24.5 Å². The Hall–Kier alpha value is -3.25. The van der Waals surface area contributed by atoms with Crippen molar-refractivity contribution < 1.29 is 18.7 Å². The highest BCUT2D eigenvalue weighted by Gasteiger charge is 2.17. The van der Waals surface area contributed by atoms with E-state index in [1.807, 2.05) is 65.6 Å². The maximum Gasteiger partial charge on any atom is 0.223 e. The van der Waals surface area contributed by atoms with Crippen molar-refractivity contribution in [1.82, 2.24) is 4.90 Å². The zero-order valence-corrected chi connectivity index (χ0v) is 18.7. The Bertz CT molecular complexity index is 942. The van der Waals surface area contributed by atoms with Crippen molar-refractivity contribution in [2.45, 2.75) is 45.4 Å². The summed E-state index contributed by atoms with van der Waals surface area (Å²) in [6, 6.07) is 19.5. The molecule has 3 aromatic rings. The van der Waals surface area contributed by atoms with Gasteiger partial charge in [-0.15, -0.1) is 0 Å². The van der Waals surface area contributed by atoms with Crippen molar-refractivity contribution in [3.63, 3.8) is 0 Å². The fourth-order valence-electron chi connectivity index (χ4n) is 3.46. The first-order valence-electron chi connectivity index (χ1n) is 11.0. The Morgan fingerprint density at radius 2 is 1.78 bits per heavy atom. The highest BCUT2D eigenvalue weighted by molar-refractivity contribution is 5.76. The van der Waals surface area contributed by atoms with Crippen LogP contribution in [0.2, 0.25) is 0 Å². The molecule has 1 amide bonds. The van der Waals surface area contributed by atoms with Gasteiger partial charge in [0.2, 0.25) is 5.91 Å². The third-order valence-corrected chi connectivity index (χ3v) is 5.21. The zero-order valence-electron chi connectivity index (χ0n) is 18.7. The van der Waals surface area contributed by atoms with Crippen molar-refractivity contribution in [3.8, 4) is 11.5 Å². The van der Waals surface area contributed by atoms with Gasteiger partial charge in [-0.3, -0.25) is 4.79 Å². The van der Waals surface area contributed by atoms with E-state index >= 15 is 0 Å². The van der Waals surface area contributed by atoms with E-state index in [0.717, 1.165) is 36.1 Å². The SMILES string of the molecule is COc1cc(CN(Cc2ccco2)C(=O)CCCCCN)ccc1OCc1ccccc1. The van der Waals surface area contributed by atoms with Crippen LogP contribution in [0.3, 0.4) is 0 Å². The molecule has 0 unspecified atom stereocenters. The Balaban J connectivity index is 1.67. The molecule has 1 aromatic heterocycles. The average Bonchev–Trinajstić information content (AvgIpc) is 3.34. The summed E-state index contributed by atoms with van der Waals surface area (Å²) in [6.45, 7) is 2.01. The van der Waals surface area contributed by atoms with Crippen LogP contribution >= 0.6 is 0 Å². The summed E-state index contributed by atoms with van der Waals surface area (Å²) in [5.74, 6) is 2.18. The first-order valence-corrected chi connectivity index (χ1v) is 11.0. The molecule has 170 valence electrons. The molecule has 32 heavy (non-hydrogen) atoms. The summed E-state index contributed by atoms with van der Waals surface area (Å²) in [6.07, 6.45) is 4.85. The molecule has 1 heterocycles. The first kappa shape index (κ1) is 23.4. The minimum absolute atomic E-state index is 0.0989. The van der Waals surface area contributed by atoms with Gasteiger partial charge in [-0.05, 0) is 54.8 Å². The number of benzene rings is 2. The maximum atomic E-state index is 12.9. The summed E-state index contributed by atoms with van der Waals surface area (Å²) in [5.41, 5.74) is 7.62. The lowest BCUT2D eigenvalue weighted by Crippen LogP contribution is -2.29. The molecule has 0 spiro atoms. The third kappa shape index (κ3) is 7.17. The van der Waals surface area contributed by atoms with Gasteiger partial charge in [-0.1, -0.05) is 42.8 Å². The van der Waals surface area contributed by atoms with Gasteiger partial charge in [0.1, 0.15) is 12.4 Å². The van der Waals surface area contributed by atoms with Gasteiger partial charge in [0.15, 0.2) is 11.5 Å². The molecule has 0 saturated heterocycles. The quantitative estimate of drug-likeness (QED) is 0.385. The molecular weight excluding hydrogens is 404 g/mol. The summed E-state index contributed by atoms with van der Waals surface area (Å²) >= 11 is 0. The molecule has 0 aliphatic heterocycles. The molecule has 2 N–H and O–H groups in total. The second-order valence-corrected chi connectivity index (χ2v) is 7.69. The Kier molecular flexibility index (Phi) is 9.20. The monoisotopic (exact) mass is 436 g/mol. The van der Waals surface area contributed by atoms with Crippen LogP contribution in [0.1, 0.15) is 42.6 Å². The average molecular weight is 437 g/mol. The first-order chi connectivity index (χ1) is 15.7. The van der Waals surface area contributed by atoms with Gasteiger partial charge >= 0.3 is 0 Å². The molecule has 0 radical (unpaired) electrons. The molecule has 3 rings (SSSR count). The molecule has 6 nitrogen and oxygen atoms in total.